The molecule has 0 N–H and O–H groups in total. The van der Waals surface area contributed by atoms with Gasteiger partial charge in [0.15, 0.2) is 5.50 Å². The van der Waals surface area contributed by atoms with E-state index in [0.29, 0.717) is 25.1 Å². The number of carbonyl (C=O) groups excluding carboxylic acids is 1. The highest BCUT2D eigenvalue weighted by molar-refractivity contribution is 8.03. The Morgan fingerprint density at radius 2 is 2.13 bits per heavy atom. The van der Waals surface area contributed by atoms with Gasteiger partial charge in [0.2, 0.25) is 5.91 Å². The van der Waals surface area contributed by atoms with E-state index in [-0.39, 0.29) is 11.4 Å². The van der Waals surface area contributed by atoms with Crippen molar-refractivity contribution < 1.29 is 9.53 Å². The molecule has 152 valence electrons. The first-order chi connectivity index (χ1) is 14.7. The third-order valence-electron chi connectivity index (χ3n) is 4.87. The number of carbonyl (C=O) groups is 1. The highest BCUT2D eigenvalue weighted by Gasteiger charge is 2.31. The Hall–Kier alpha value is -3.28. The smallest absolute Gasteiger partial charge is 0.227 e. The molecule has 0 saturated carbocycles. The number of amides is 1. The number of imidazole rings is 1. The van der Waals surface area contributed by atoms with Crippen molar-refractivity contribution in [3.05, 3.63) is 77.7 Å². The second-order valence-electron chi connectivity index (χ2n) is 6.81. The van der Waals surface area contributed by atoms with Crippen LogP contribution in [0.4, 0.5) is 5.69 Å². The average molecular weight is 420 g/mol. The van der Waals surface area contributed by atoms with Gasteiger partial charge in [-0.15, -0.1) is 0 Å². The molecule has 3 heterocycles. The number of ether oxygens (including phenoxy) is 1. The van der Waals surface area contributed by atoms with Crippen LogP contribution in [0.15, 0.2) is 66.6 Å². The van der Waals surface area contributed by atoms with E-state index in [4.69, 9.17) is 10.00 Å². The molecule has 3 aromatic rings. The average Bonchev–Trinajstić information content (AvgIpc) is 3.45. The van der Waals surface area contributed by atoms with E-state index in [1.54, 1.807) is 37.2 Å². The van der Waals surface area contributed by atoms with Crippen molar-refractivity contribution in [1.29, 1.82) is 5.26 Å². The largest absolute Gasteiger partial charge is 0.384 e. The summed E-state index contributed by atoms with van der Waals surface area (Å²) in [5, 5.41) is 11.0. The van der Waals surface area contributed by atoms with Gasteiger partial charge in [-0.2, -0.15) is 5.26 Å². The molecule has 0 saturated heterocycles. The van der Waals surface area contributed by atoms with Crippen LogP contribution >= 0.6 is 11.8 Å². The first-order valence-corrected chi connectivity index (χ1v) is 10.4. The maximum Gasteiger partial charge on any atom is 0.227 e. The van der Waals surface area contributed by atoms with E-state index in [0.717, 1.165) is 16.9 Å². The maximum absolute atomic E-state index is 13.1. The van der Waals surface area contributed by atoms with Crippen molar-refractivity contribution in [1.82, 2.24) is 14.3 Å². The zero-order chi connectivity index (χ0) is 20.9. The Morgan fingerprint density at radius 1 is 1.30 bits per heavy atom. The topological polar surface area (TPSA) is 73.9 Å². The third kappa shape index (κ3) is 4.17. The molecule has 1 aliphatic heterocycles. The first-order valence-electron chi connectivity index (χ1n) is 9.50. The lowest BCUT2D eigenvalue weighted by atomic mass is 10.1. The highest BCUT2D eigenvalue weighted by Crippen LogP contribution is 2.34. The normalized spacial score (nSPS) is 15.5. The summed E-state index contributed by atoms with van der Waals surface area (Å²) in [6, 6.07) is 13.4. The number of anilines is 1. The number of nitriles is 1. The minimum Gasteiger partial charge on any atom is -0.384 e. The lowest BCUT2D eigenvalue weighted by Gasteiger charge is -2.35. The summed E-state index contributed by atoms with van der Waals surface area (Å²) in [5.74, 6) is 0.0103. The Morgan fingerprint density at radius 3 is 2.90 bits per heavy atom. The minimum atomic E-state index is -0.217. The number of hydrogen-bond donors (Lipinski definition) is 0. The molecule has 4 rings (SSSR count). The second kappa shape index (κ2) is 9.03. The minimum absolute atomic E-state index is 0.0103. The van der Waals surface area contributed by atoms with Crippen LogP contribution in [0.25, 0.3) is 5.65 Å². The number of methoxy groups -OCH3 is 1. The molecule has 1 atom stereocenters. The lowest BCUT2D eigenvalue weighted by Crippen LogP contribution is -2.45. The van der Waals surface area contributed by atoms with Crippen LogP contribution in [-0.4, -0.2) is 39.4 Å². The van der Waals surface area contributed by atoms with E-state index >= 15 is 0 Å². The Bertz CT molecular complexity index is 1100. The molecule has 1 amide bonds. The maximum atomic E-state index is 13.1. The number of thioether (sulfide) groups is 1. The number of nitrogens with zero attached hydrogens (tertiary/aromatic N) is 5. The van der Waals surface area contributed by atoms with Crippen LogP contribution in [0.3, 0.4) is 0 Å². The summed E-state index contributed by atoms with van der Waals surface area (Å²) in [7, 11) is 1.59. The summed E-state index contributed by atoms with van der Waals surface area (Å²) in [4.78, 5) is 21.3. The molecule has 30 heavy (non-hydrogen) atoms. The van der Waals surface area contributed by atoms with Crippen LogP contribution in [-0.2, 0) is 16.1 Å². The summed E-state index contributed by atoms with van der Waals surface area (Å²) in [6.45, 7) is 0.811. The fourth-order valence-electron chi connectivity index (χ4n) is 3.31. The van der Waals surface area contributed by atoms with Crippen molar-refractivity contribution in [2.45, 2.75) is 18.5 Å². The number of hydrogen-bond acceptors (Lipinski definition) is 6. The summed E-state index contributed by atoms with van der Waals surface area (Å²) in [5.41, 5.74) is 3.19. The molecule has 1 aromatic carbocycles. The molecule has 0 radical (unpaired) electrons. The van der Waals surface area contributed by atoms with Gasteiger partial charge < -0.3 is 18.9 Å². The molecule has 1 unspecified atom stereocenters. The first kappa shape index (κ1) is 20.0. The van der Waals surface area contributed by atoms with E-state index in [9.17, 15) is 4.79 Å². The number of aromatic nitrogens is 2. The van der Waals surface area contributed by atoms with Crippen LogP contribution < -0.4 is 4.90 Å². The van der Waals surface area contributed by atoms with Crippen LogP contribution in [0.5, 0.6) is 0 Å². The van der Waals surface area contributed by atoms with Crippen molar-refractivity contribution in [2.24, 2.45) is 0 Å². The van der Waals surface area contributed by atoms with Gasteiger partial charge >= 0.3 is 0 Å². The van der Waals surface area contributed by atoms with Gasteiger partial charge in [0.25, 0.3) is 0 Å². The molecular formula is C22H21N5O2S. The molecule has 0 spiro atoms. The second-order valence-corrected chi connectivity index (χ2v) is 7.77. The Kier molecular flexibility index (Phi) is 6.02. The molecule has 7 nitrogen and oxygen atoms in total. The zero-order valence-electron chi connectivity index (χ0n) is 16.5. The standard InChI is InChI=1S/C22H21N5O2S/c1-29-12-8-21(28)27(15-18-4-2-17(14-23)3-5-18)22-26(11-13-30-22)19-6-7-20-24-9-10-25(20)16-19/h2-7,9-11,13,16,22H,8,12,15H2,1H3. The molecular weight excluding hydrogens is 398 g/mol. The molecule has 0 bridgehead atoms. The third-order valence-corrected chi connectivity index (χ3v) is 5.88. The van der Waals surface area contributed by atoms with E-state index in [1.807, 2.05) is 57.6 Å². The van der Waals surface area contributed by atoms with E-state index in [1.165, 1.54) is 0 Å². The van der Waals surface area contributed by atoms with Gasteiger partial charge in [0, 0.05) is 38.4 Å². The quantitative estimate of drug-likeness (QED) is 0.583. The predicted molar refractivity (Wildman–Crippen MR) is 116 cm³/mol. The highest BCUT2D eigenvalue weighted by atomic mass is 32.2. The summed E-state index contributed by atoms with van der Waals surface area (Å²) in [6.07, 6.45) is 7.96. The number of pyridine rings is 1. The molecule has 2 aromatic heterocycles. The fourth-order valence-corrected chi connectivity index (χ4v) is 4.32. The Balaban J connectivity index is 1.62. The Labute approximate surface area is 179 Å². The van der Waals surface area contributed by atoms with Gasteiger partial charge in [-0.25, -0.2) is 4.98 Å². The van der Waals surface area contributed by atoms with Gasteiger partial charge in [0.1, 0.15) is 5.65 Å². The zero-order valence-corrected chi connectivity index (χ0v) is 17.3. The van der Waals surface area contributed by atoms with E-state index < -0.39 is 0 Å². The number of fused-ring (bicyclic) bond motifs is 1. The number of rotatable bonds is 7. The van der Waals surface area contributed by atoms with Crippen molar-refractivity contribution in [2.75, 3.05) is 18.6 Å². The van der Waals surface area contributed by atoms with Gasteiger partial charge in [0.05, 0.1) is 30.3 Å². The van der Waals surface area contributed by atoms with Crippen LogP contribution in [0.1, 0.15) is 17.5 Å². The molecule has 8 heteroatoms. The lowest BCUT2D eigenvalue weighted by molar-refractivity contribution is -0.133. The van der Waals surface area contributed by atoms with Crippen molar-refractivity contribution >= 4 is 29.0 Å². The predicted octanol–water partition coefficient (Wildman–Crippen LogP) is 3.58. The van der Waals surface area contributed by atoms with E-state index in [2.05, 4.69) is 16.0 Å². The number of benzene rings is 1. The monoisotopic (exact) mass is 419 g/mol. The van der Waals surface area contributed by atoms with Crippen molar-refractivity contribution in [3.8, 4) is 6.07 Å². The summed E-state index contributed by atoms with van der Waals surface area (Å²) < 4.78 is 7.09. The van der Waals surface area contributed by atoms with Crippen LogP contribution in [0.2, 0.25) is 0 Å². The van der Waals surface area contributed by atoms with Crippen LogP contribution in [0, 0.1) is 11.3 Å². The molecule has 0 aliphatic carbocycles. The summed E-state index contributed by atoms with van der Waals surface area (Å²) >= 11 is 1.58. The SMILES string of the molecule is COCCC(=O)N(Cc1ccc(C#N)cc1)C1SC=CN1c1ccc2nccn2c1. The van der Waals surface area contributed by atoms with Gasteiger partial charge in [-0.05, 0) is 35.2 Å². The molecule has 1 aliphatic rings. The van der Waals surface area contributed by atoms with Gasteiger partial charge in [-0.3, -0.25) is 4.79 Å². The molecule has 0 fully saturated rings. The van der Waals surface area contributed by atoms with Gasteiger partial charge in [-0.1, -0.05) is 23.9 Å². The fraction of sp³-hybridized carbons (Fsp3) is 0.227. The van der Waals surface area contributed by atoms with Crippen molar-refractivity contribution in [3.63, 3.8) is 0 Å².